The van der Waals surface area contributed by atoms with Crippen LogP contribution in [0, 0.1) is 0 Å². The van der Waals surface area contributed by atoms with Gasteiger partial charge < -0.3 is 14.8 Å². The quantitative estimate of drug-likeness (QED) is 0.412. The van der Waals surface area contributed by atoms with Crippen molar-refractivity contribution < 1.29 is 23.9 Å². The van der Waals surface area contributed by atoms with Crippen molar-refractivity contribution in [1.29, 1.82) is 0 Å². The second kappa shape index (κ2) is 10.1. The van der Waals surface area contributed by atoms with E-state index in [1.807, 2.05) is 6.92 Å². The summed E-state index contributed by atoms with van der Waals surface area (Å²) >= 11 is 0. The summed E-state index contributed by atoms with van der Waals surface area (Å²) in [7, 11) is 0. The summed E-state index contributed by atoms with van der Waals surface area (Å²) in [5.74, 6) is -0.333. The molecule has 6 heteroatoms. The molecule has 0 aliphatic heterocycles. The lowest BCUT2D eigenvalue weighted by Gasteiger charge is -2.09. The predicted molar refractivity (Wildman–Crippen MR) is 102 cm³/mol. The van der Waals surface area contributed by atoms with Crippen LogP contribution in [0.25, 0.3) is 0 Å². The van der Waals surface area contributed by atoms with Crippen molar-refractivity contribution in [2.45, 2.75) is 26.7 Å². The lowest BCUT2D eigenvalue weighted by molar-refractivity contribution is -0.118. The van der Waals surface area contributed by atoms with E-state index in [0.29, 0.717) is 29.2 Å². The minimum absolute atomic E-state index is 0.0735. The standard InChI is InChI=1S/C21H23NO5/c1-3-4-12-26-21(25)16-8-10-19(11-9-16)27-14-20(24)22-18-7-5-6-17(13-18)15(2)23/h5-11,13H,3-4,12,14H2,1-2H3,(H,22,24). The smallest absolute Gasteiger partial charge is 0.338 e. The summed E-state index contributed by atoms with van der Waals surface area (Å²) in [6.07, 6.45) is 1.79. The average molecular weight is 369 g/mol. The Morgan fingerprint density at radius 3 is 2.41 bits per heavy atom. The van der Waals surface area contributed by atoms with Crippen LogP contribution in [-0.2, 0) is 9.53 Å². The molecule has 2 aromatic rings. The molecule has 0 atom stereocenters. The van der Waals surface area contributed by atoms with Crippen LogP contribution < -0.4 is 10.1 Å². The highest BCUT2D eigenvalue weighted by molar-refractivity contribution is 5.97. The molecule has 0 heterocycles. The van der Waals surface area contributed by atoms with E-state index < -0.39 is 0 Å². The van der Waals surface area contributed by atoms with Gasteiger partial charge in [0.2, 0.25) is 0 Å². The van der Waals surface area contributed by atoms with E-state index in [-0.39, 0.29) is 24.3 Å². The van der Waals surface area contributed by atoms with Crippen molar-refractivity contribution in [1.82, 2.24) is 0 Å². The van der Waals surface area contributed by atoms with Gasteiger partial charge in [0.05, 0.1) is 12.2 Å². The van der Waals surface area contributed by atoms with E-state index in [4.69, 9.17) is 9.47 Å². The van der Waals surface area contributed by atoms with Crippen molar-refractivity contribution in [3.8, 4) is 5.75 Å². The van der Waals surface area contributed by atoms with Gasteiger partial charge in [-0.1, -0.05) is 25.5 Å². The van der Waals surface area contributed by atoms with Crippen LogP contribution in [0.3, 0.4) is 0 Å². The Balaban J connectivity index is 1.83. The van der Waals surface area contributed by atoms with E-state index in [0.717, 1.165) is 12.8 Å². The minimum atomic E-state index is -0.377. The van der Waals surface area contributed by atoms with Gasteiger partial charge in [-0.2, -0.15) is 0 Å². The number of Topliss-reactive ketones (excluding diaryl/α,β-unsaturated/α-hetero) is 1. The Kier molecular flexibility index (Phi) is 7.55. The summed E-state index contributed by atoms with van der Waals surface area (Å²) in [5.41, 5.74) is 1.49. The molecule has 0 fully saturated rings. The summed E-state index contributed by atoms with van der Waals surface area (Å²) in [6.45, 7) is 3.70. The topological polar surface area (TPSA) is 81.7 Å². The SMILES string of the molecule is CCCCOC(=O)c1ccc(OCC(=O)Nc2cccc(C(C)=O)c2)cc1. The van der Waals surface area contributed by atoms with E-state index in [1.54, 1.807) is 48.5 Å². The molecule has 6 nitrogen and oxygen atoms in total. The van der Waals surface area contributed by atoms with Crippen molar-refractivity contribution in [2.24, 2.45) is 0 Å². The zero-order chi connectivity index (χ0) is 19.6. The second-order valence-electron chi connectivity index (χ2n) is 5.99. The summed E-state index contributed by atoms with van der Waals surface area (Å²) in [4.78, 5) is 35.2. The highest BCUT2D eigenvalue weighted by Gasteiger charge is 2.09. The molecule has 0 saturated carbocycles. The summed E-state index contributed by atoms with van der Waals surface area (Å²) in [5, 5.41) is 2.68. The van der Waals surface area contributed by atoms with Gasteiger partial charge in [-0.05, 0) is 49.7 Å². The maximum Gasteiger partial charge on any atom is 0.338 e. The number of amides is 1. The van der Waals surface area contributed by atoms with Gasteiger partial charge >= 0.3 is 5.97 Å². The van der Waals surface area contributed by atoms with Crippen LogP contribution in [0.15, 0.2) is 48.5 Å². The monoisotopic (exact) mass is 369 g/mol. The maximum absolute atomic E-state index is 12.0. The van der Waals surface area contributed by atoms with E-state index in [1.165, 1.54) is 6.92 Å². The minimum Gasteiger partial charge on any atom is -0.484 e. The van der Waals surface area contributed by atoms with Gasteiger partial charge in [-0.3, -0.25) is 9.59 Å². The molecule has 0 aromatic heterocycles. The van der Waals surface area contributed by atoms with Crippen LogP contribution in [-0.4, -0.2) is 30.9 Å². The average Bonchev–Trinajstić information content (AvgIpc) is 2.67. The fourth-order valence-electron chi connectivity index (χ4n) is 2.24. The molecule has 0 aliphatic carbocycles. The summed E-state index contributed by atoms with van der Waals surface area (Å²) < 4.78 is 10.6. The Labute approximate surface area is 158 Å². The second-order valence-corrected chi connectivity index (χ2v) is 5.99. The highest BCUT2D eigenvalue weighted by Crippen LogP contribution is 2.14. The van der Waals surface area contributed by atoms with E-state index in [2.05, 4.69) is 5.32 Å². The Morgan fingerprint density at radius 1 is 1.00 bits per heavy atom. The largest absolute Gasteiger partial charge is 0.484 e. The first-order valence-electron chi connectivity index (χ1n) is 8.80. The molecular weight excluding hydrogens is 346 g/mol. The van der Waals surface area contributed by atoms with Crippen LogP contribution in [0.5, 0.6) is 5.75 Å². The number of unbranched alkanes of at least 4 members (excludes halogenated alkanes) is 1. The number of nitrogens with one attached hydrogen (secondary N) is 1. The predicted octanol–water partition coefficient (Wildman–Crippen LogP) is 3.86. The van der Waals surface area contributed by atoms with Crippen LogP contribution >= 0.6 is 0 Å². The molecule has 2 rings (SSSR count). The number of rotatable bonds is 9. The van der Waals surface area contributed by atoms with Crippen molar-refractivity contribution in [3.63, 3.8) is 0 Å². The van der Waals surface area contributed by atoms with Gasteiger partial charge in [0.1, 0.15) is 5.75 Å². The molecule has 2 aromatic carbocycles. The molecule has 0 radical (unpaired) electrons. The number of ketones is 1. The molecular formula is C21H23NO5. The first-order chi connectivity index (χ1) is 13.0. The molecule has 142 valence electrons. The normalized spacial score (nSPS) is 10.1. The van der Waals surface area contributed by atoms with Crippen molar-refractivity contribution in [2.75, 3.05) is 18.5 Å². The van der Waals surface area contributed by atoms with Crippen molar-refractivity contribution in [3.05, 3.63) is 59.7 Å². The molecule has 0 bridgehead atoms. The molecule has 0 aliphatic rings. The number of hydrogen-bond donors (Lipinski definition) is 1. The molecule has 0 saturated heterocycles. The Morgan fingerprint density at radius 2 is 1.74 bits per heavy atom. The highest BCUT2D eigenvalue weighted by atomic mass is 16.5. The number of carbonyl (C=O) groups excluding carboxylic acids is 3. The molecule has 1 N–H and O–H groups in total. The van der Waals surface area contributed by atoms with E-state index in [9.17, 15) is 14.4 Å². The van der Waals surface area contributed by atoms with Gasteiger partial charge in [0.15, 0.2) is 12.4 Å². The number of anilines is 1. The van der Waals surface area contributed by atoms with Crippen LogP contribution in [0.4, 0.5) is 5.69 Å². The third kappa shape index (κ3) is 6.58. The zero-order valence-electron chi connectivity index (χ0n) is 15.5. The number of benzene rings is 2. The Bertz CT molecular complexity index is 798. The van der Waals surface area contributed by atoms with Crippen LogP contribution in [0.2, 0.25) is 0 Å². The third-order valence-electron chi connectivity index (χ3n) is 3.74. The van der Waals surface area contributed by atoms with Crippen LogP contribution in [0.1, 0.15) is 47.4 Å². The first-order valence-corrected chi connectivity index (χ1v) is 8.80. The lowest BCUT2D eigenvalue weighted by atomic mass is 10.1. The van der Waals surface area contributed by atoms with Crippen molar-refractivity contribution >= 4 is 23.3 Å². The molecule has 1 amide bonds. The van der Waals surface area contributed by atoms with Gasteiger partial charge in [0.25, 0.3) is 5.91 Å². The van der Waals surface area contributed by atoms with Gasteiger partial charge in [-0.15, -0.1) is 0 Å². The molecule has 0 spiro atoms. The molecule has 27 heavy (non-hydrogen) atoms. The third-order valence-corrected chi connectivity index (χ3v) is 3.74. The van der Waals surface area contributed by atoms with Gasteiger partial charge in [-0.25, -0.2) is 4.79 Å². The summed E-state index contributed by atoms with van der Waals surface area (Å²) in [6, 6.07) is 13.1. The van der Waals surface area contributed by atoms with Gasteiger partial charge in [0, 0.05) is 11.3 Å². The number of ether oxygens (including phenoxy) is 2. The number of hydrogen-bond acceptors (Lipinski definition) is 5. The first kappa shape index (κ1) is 20.2. The number of esters is 1. The van der Waals surface area contributed by atoms with E-state index >= 15 is 0 Å². The number of carbonyl (C=O) groups is 3. The zero-order valence-corrected chi connectivity index (χ0v) is 15.5. The maximum atomic E-state index is 12.0. The fourth-order valence-corrected chi connectivity index (χ4v) is 2.24. The molecule has 0 unspecified atom stereocenters. The fraction of sp³-hybridized carbons (Fsp3) is 0.286. The Hall–Kier alpha value is -3.15. The lowest BCUT2D eigenvalue weighted by Crippen LogP contribution is -2.20.